The topological polar surface area (TPSA) is 84.0 Å². The molecular weight excluding hydrogens is 404 g/mol. The average Bonchev–Trinajstić information content (AvgIpc) is 3.28. The Morgan fingerprint density at radius 3 is 2.21 bits per heavy atom. The summed E-state index contributed by atoms with van der Waals surface area (Å²) in [6, 6.07) is 11.6. The number of nitrogens with zero attached hydrogens (tertiary/aromatic N) is 2. The van der Waals surface area contributed by atoms with E-state index in [0.717, 1.165) is 0 Å². The van der Waals surface area contributed by atoms with Crippen LogP contribution in [-0.2, 0) is 9.63 Å². The highest BCUT2D eigenvalue weighted by molar-refractivity contribution is 7.99. The summed E-state index contributed by atoms with van der Waals surface area (Å²) in [7, 11) is 0. The molecule has 1 fully saturated rings. The summed E-state index contributed by atoms with van der Waals surface area (Å²) < 4.78 is 0. The van der Waals surface area contributed by atoms with Gasteiger partial charge in [-0.2, -0.15) is 0 Å². The van der Waals surface area contributed by atoms with Crippen LogP contribution in [0.5, 0.6) is 0 Å². The molecule has 28 heavy (non-hydrogen) atoms. The minimum Gasteiger partial charge on any atom is -0.327 e. The van der Waals surface area contributed by atoms with Crippen molar-refractivity contribution in [2.45, 2.75) is 6.04 Å². The first kappa shape index (κ1) is 18.5. The SMILES string of the molecule is O=C(ON1C(=O)c2ccccc2C1=O)C1CSCN1C(=O)c1ccc(Cl)cc1. The summed E-state index contributed by atoms with van der Waals surface area (Å²) in [5.74, 6) is -1.98. The molecule has 0 radical (unpaired) electrons. The largest absolute Gasteiger partial charge is 0.356 e. The lowest BCUT2D eigenvalue weighted by Crippen LogP contribution is -2.46. The molecule has 1 saturated heterocycles. The van der Waals surface area contributed by atoms with Crippen molar-refractivity contribution in [1.82, 2.24) is 9.96 Å². The van der Waals surface area contributed by atoms with Crippen molar-refractivity contribution >= 4 is 47.1 Å². The van der Waals surface area contributed by atoms with Gasteiger partial charge in [-0.3, -0.25) is 14.4 Å². The monoisotopic (exact) mass is 416 g/mol. The van der Waals surface area contributed by atoms with Gasteiger partial charge in [-0.15, -0.1) is 11.8 Å². The highest BCUT2D eigenvalue weighted by Crippen LogP contribution is 2.27. The van der Waals surface area contributed by atoms with Crippen molar-refractivity contribution in [2.75, 3.05) is 11.6 Å². The molecule has 2 aliphatic rings. The van der Waals surface area contributed by atoms with Crippen molar-refractivity contribution < 1.29 is 24.0 Å². The fourth-order valence-electron chi connectivity index (χ4n) is 3.00. The van der Waals surface area contributed by atoms with Gasteiger partial charge in [0.15, 0.2) is 0 Å². The van der Waals surface area contributed by atoms with Crippen molar-refractivity contribution in [3.8, 4) is 0 Å². The van der Waals surface area contributed by atoms with Crippen LogP contribution in [0.25, 0.3) is 0 Å². The zero-order chi connectivity index (χ0) is 19.8. The maximum absolute atomic E-state index is 12.7. The number of carbonyl (C=O) groups is 4. The quantitative estimate of drug-likeness (QED) is 0.715. The minimum atomic E-state index is -0.905. The molecule has 0 aliphatic carbocycles. The van der Waals surface area contributed by atoms with Crippen LogP contribution < -0.4 is 0 Å². The highest BCUT2D eigenvalue weighted by Gasteiger charge is 2.43. The van der Waals surface area contributed by atoms with Crippen LogP contribution in [0.2, 0.25) is 5.02 Å². The molecule has 0 aromatic heterocycles. The summed E-state index contributed by atoms with van der Waals surface area (Å²) in [4.78, 5) is 56.6. The van der Waals surface area contributed by atoms with Crippen molar-refractivity contribution in [2.24, 2.45) is 0 Å². The van der Waals surface area contributed by atoms with Gasteiger partial charge >= 0.3 is 5.97 Å². The Morgan fingerprint density at radius 2 is 1.61 bits per heavy atom. The molecule has 0 bridgehead atoms. The van der Waals surface area contributed by atoms with E-state index in [1.54, 1.807) is 36.4 Å². The Morgan fingerprint density at radius 1 is 1.00 bits per heavy atom. The van der Waals surface area contributed by atoms with Crippen molar-refractivity contribution in [1.29, 1.82) is 0 Å². The Hall–Kier alpha value is -2.84. The van der Waals surface area contributed by atoms with Crippen LogP contribution in [0.1, 0.15) is 31.1 Å². The number of imide groups is 1. The van der Waals surface area contributed by atoms with Crippen LogP contribution in [0.3, 0.4) is 0 Å². The molecule has 9 heteroatoms. The van der Waals surface area contributed by atoms with Crippen LogP contribution in [0, 0.1) is 0 Å². The second kappa shape index (κ2) is 7.29. The van der Waals surface area contributed by atoms with E-state index in [9.17, 15) is 19.2 Å². The third-order valence-corrected chi connectivity index (χ3v) is 5.71. The minimum absolute atomic E-state index is 0.176. The molecule has 0 spiro atoms. The number of hydrogen-bond acceptors (Lipinski definition) is 6. The smallest absolute Gasteiger partial charge is 0.327 e. The third-order valence-electron chi connectivity index (χ3n) is 4.44. The molecule has 2 aromatic rings. The van der Waals surface area contributed by atoms with Gasteiger partial charge in [-0.05, 0) is 36.4 Å². The lowest BCUT2D eigenvalue weighted by atomic mass is 10.1. The predicted molar refractivity (Wildman–Crippen MR) is 102 cm³/mol. The second-order valence-corrected chi connectivity index (χ2v) is 7.59. The standard InChI is InChI=1S/C19H13ClN2O5S/c20-12-7-5-11(6-8-12)16(23)21-10-28-9-15(21)19(26)27-22-17(24)13-3-1-2-4-14(13)18(22)25/h1-8,15H,9-10H2. The number of amides is 3. The third kappa shape index (κ3) is 3.14. The van der Waals surface area contributed by atoms with Gasteiger partial charge in [0, 0.05) is 16.3 Å². The van der Waals surface area contributed by atoms with Gasteiger partial charge in [0.25, 0.3) is 17.7 Å². The van der Waals surface area contributed by atoms with E-state index in [4.69, 9.17) is 16.4 Å². The predicted octanol–water partition coefficient (Wildman–Crippen LogP) is 2.61. The summed E-state index contributed by atoms with van der Waals surface area (Å²) in [6.45, 7) is 0. The van der Waals surface area contributed by atoms with E-state index in [2.05, 4.69) is 0 Å². The van der Waals surface area contributed by atoms with Gasteiger partial charge in [-0.25, -0.2) is 4.79 Å². The summed E-state index contributed by atoms with van der Waals surface area (Å²) in [5.41, 5.74) is 0.732. The molecule has 2 heterocycles. The van der Waals surface area contributed by atoms with Crippen LogP contribution in [-0.4, -0.2) is 51.3 Å². The van der Waals surface area contributed by atoms with Crippen molar-refractivity contribution in [3.63, 3.8) is 0 Å². The van der Waals surface area contributed by atoms with E-state index >= 15 is 0 Å². The summed E-state index contributed by atoms with van der Waals surface area (Å²) in [5, 5.41) is 0.954. The van der Waals surface area contributed by atoms with Crippen LogP contribution in [0.4, 0.5) is 0 Å². The Labute approximate surface area is 169 Å². The van der Waals surface area contributed by atoms with Gasteiger partial charge in [0.1, 0.15) is 6.04 Å². The zero-order valence-corrected chi connectivity index (χ0v) is 15.9. The number of carbonyl (C=O) groups excluding carboxylic acids is 4. The van der Waals surface area contributed by atoms with Gasteiger partial charge in [-0.1, -0.05) is 28.8 Å². The average molecular weight is 417 g/mol. The number of benzene rings is 2. The number of rotatable bonds is 3. The lowest BCUT2D eigenvalue weighted by molar-refractivity contribution is -0.172. The van der Waals surface area contributed by atoms with Gasteiger partial charge in [0.2, 0.25) is 0 Å². The number of hydroxylamine groups is 2. The van der Waals surface area contributed by atoms with E-state index in [0.29, 0.717) is 27.3 Å². The molecule has 142 valence electrons. The Kier molecular flexibility index (Phi) is 4.82. The first-order valence-corrected chi connectivity index (χ1v) is 9.84. The maximum Gasteiger partial charge on any atom is 0.356 e. The first-order chi connectivity index (χ1) is 13.5. The summed E-state index contributed by atoms with van der Waals surface area (Å²) in [6.07, 6.45) is 0. The molecule has 2 aromatic carbocycles. The molecule has 7 nitrogen and oxygen atoms in total. The fourth-order valence-corrected chi connectivity index (χ4v) is 4.26. The number of halogens is 1. The van der Waals surface area contributed by atoms with E-state index < -0.39 is 23.8 Å². The van der Waals surface area contributed by atoms with Crippen molar-refractivity contribution in [3.05, 3.63) is 70.2 Å². The van der Waals surface area contributed by atoms with Crippen LogP contribution >= 0.6 is 23.4 Å². The molecular formula is C19H13ClN2O5S. The molecule has 1 unspecified atom stereocenters. The molecule has 3 amide bonds. The molecule has 0 saturated carbocycles. The molecule has 4 rings (SSSR count). The number of thioether (sulfide) groups is 1. The molecule has 0 N–H and O–H groups in total. The van der Waals surface area contributed by atoms with E-state index in [-0.39, 0.29) is 17.0 Å². The second-order valence-electron chi connectivity index (χ2n) is 6.16. The van der Waals surface area contributed by atoms with E-state index in [1.165, 1.54) is 28.8 Å². The molecule has 1 atom stereocenters. The van der Waals surface area contributed by atoms with Gasteiger partial charge in [0.05, 0.1) is 17.0 Å². The summed E-state index contributed by atoms with van der Waals surface area (Å²) >= 11 is 7.22. The fraction of sp³-hybridized carbons (Fsp3) is 0.158. The lowest BCUT2D eigenvalue weighted by Gasteiger charge is -2.23. The number of hydrogen-bond donors (Lipinski definition) is 0. The number of fused-ring (bicyclic) bond motifs is 1. The zero-order valence-electron chi connectivity index (χ0n) is 14.3. The maximum atomic E-state index is 12.7. The first-order valence-electron chi connectivity index (χ1n) is 8.31. The van der Waals surface area contributed by atoms with Gasteiger partial charge < -0.3 is 9.74 Å². The highest BCUT2D eigenvalue weighted by atomic mass is 35.5. The van der Waals surface area contributed by atoms with Crippen LogP contribution in [0.15, 0.2) is 48.5 Å². The molecule has 2 aliphatic heterocycles. The van der Waals surface area contributed by atoms with E-state index in [1.807, 2.05) is 0 Å². The Balaban J connectivity index is 1.50. The normalized spacial score (nSPS) is 18.4. The Bertz CT molecular complexity index is 959.